The van der Waals surface area contributed by atoms with Crippen molar-refractivity contribution < 1.29 is 8.60 Å². The van der Waals surface area contributed by atoms with Crippen molar-refractivity contribution in [1.29, 1.82) is 0 Å². The van der Waals surface area contributed by atoms with Crippen LogP contribution in [0.1, 0.15) is 13.8 Å². The fourth-order valence-corrected chi connectivity index (χ4v) is 0. The van der Waals surface area contributed by atoms with E-state index >= 15 is 0 Å². The Morgan fingerprint density at radius 1 is 1.29 bits per heavy atom. The average Bonchev–Trinajstić information content (AvgIpc) is 1.41. The van der Waals surface area contributed by atoms with Gasteiger partial charge in [-0.15, -0.1) is 0 Å². The molecular formula is C3H10Al2O2. The molecule has 0 aliphatic heterocycles. The third-order valence-electron chi connectivity index (χ3n) is 0. The minimum atomic E-state index is 0. The molecule has 0 unspecified atom stereocenters. The van der Waals surface area contributed by atoms with Crippen LogP contribution in [-0.4, -0.2) is 39.4 Å². The van der Waals surface area contributed by atoms with E-state index in [1.165, 1.54) is 13.8 Å². The molecule has 40 valence electrons. The first-order valence-electron chi connectivity index (χ1n) is 1.49. The summed E-state index contributed by atoms with van der Waals surface area (Å²) in [5.74, 6) is 0.167. The second-order valence-electron chi connectivity index (χ2n) is 0.908. The third kappa shape index (κ3) is 470. The number of Topliss-reactive ketones (excluding diaryl/α,β-unsaturated/α-hetero) is 1. The van der Waals surface area contributed by atoms with E-state index in [1.54, 1.807) is 0 Å². The molecular weight excluding hydrogens is 122 g/mol. The van der Waals surface area contributed by atoms with Crippen molar-refractivity contribution in [3.8, 4) is 0 Å². The first-order chi connectivity index (χ1) is 2.73. The summed E-state index contributed by atoms with van der Waals surface area (Å²) in [5.41, 5.74) is 0. The zero-order valence-corrected chi connectivity index (χ0v) is 5.44. The van der Waals surface area contributed by atoms with Gasteiger partial charge in [0.15, 0.2) is 17.4 Å². The van der Waals surface area contributed by atoms with E-state index in [0.29, 0.717) is 16.2 Å². The molecule has 0 rings (SSSR count). The number of carbonyl (C=O) groups excluding carboxylic acids is 1. The molecule has 0 fully saturated rings. The molecule has 0 spiro atoms. The Morgan fingerprint density at radius 2 is 1.29 bits per heavy atom. The van der Waals surface area contributed by atoms with Crippen LogP contribution in [0, 0.1) is 0 Å². The molecule has 0 amide bonds. The molecule has 2 nitrogen and oxygen atoms in total. The van der Waals surface area contributed by atoms with Crippen molar-refractivity contribution >= 4 is 39.4 Å². The zero-order valence-electron chi connectivity index (χ0n) is 4.02. The molecule has 4 heteroatoms. The molecule has 0 N–H and O–H groups in total. The van der Waals surface area contributed by atoms with Crippen LogP contribution in [0.5, 0.6) is 0 Å². The van der Waals surface area contributed by atoms with Gasteiger partial charge in [-0.1, -0.05) is 0 Å². The van der Waals surface area contributed by atoms with Crippen LogP contribution in [0.4, 0.5) is 0 Å². The van der Waals surface area contributed by atoms with Crippen molar-refractivity contribution in [2.75, 3.05) is 0 Å². The Labute approximate surface area is 62.0 Å². The Hall–Kier alpha value is 0.535. The predicted octanol–water partition coefficient (Wildman–Crippen LogP) is -1.36. The van der Waals surface area contributed by atoms with Gasteiger partial charge in [0.05, 0.1) is 0 Å². The van der Waals surface area contributed by atoms with E-state index in [2.05, 4.69) is 0 Å². The van der Waals surface area contributed by atoms with Gasteiger partial charge in [0.2, 0.25) is 0 Å². The molecule has 0 aromatic carbocycles. The SMILES string of the molecule is CC(C)=O.[AlH3].[O]=[AlH]. The number of carbonyl (C=O) groups is 1. The summed E-state index contributed by atoms with van der Waals surface area (Å²) < 4.78 is 8.28. The summed E-state index contributed by atoms with van der Waals surface area (Å²) >= 11 is 0.611. The normalized spacial score (nSPS) is 4.14. The van der Waals surface area contributed by atoms with E-state index < -0.39 is 0 Å². The van der Waals surface area contributed by atoms with Gasteiger partial charge in [-0.3, -0.25) is 0 Å². The van der Waals surface area contributed by atoms with Gasteiger partial charge in [0.25, 0.3) is 0 Å². The van der Waals surface area contributed by atoms with E-state index in [0.717, 1.165) is 0 Å². The van der Waals surface area contributed by atoms with Crippen LogP contribution in [0.2, 0.25) is 0 Å². The number of hydrogen-bond acceptors (Lipinski definition) is 2. The van der Waals surface area contributed by atoms with E-state index in [9.17, 15) is 4.79 Å². The van der Waals surface area contributed by atoms with Crippen molar-refractivity contribution in [2.24, 2.45) is 0 Å². The van der Waals surface area contributed by atoms with Gasteiger partial charge in [-0.2, -0.15) is 0 Å². The van der Waals surface area contributed by atoms with Crippen molar-refractivity contribution in [2.45, 2.75) is 13.8 Å². The standard InChI is InChI=1S/C3H6O.2Al.O.4H/c1-3(2)4;;;;;;;/h1-2H3;;;;;;;. The molecule has 0 aromatic heterocycles. The summed E-state index contributed by atoms with van der Waals surface area (Å²) in [5, 5.41) is 0. The van der Waals surface area contributed by atoms with E-state index in [4.69, 9.17) is 3.80 Å². The Bertz CT molecular complexity index is 42.2. The number of ketones is 1. The van der Waals surface area contributed by atoms with Gasteiger partial charge in [0.1, 0.15) is 5.78 Å². The van der Waals surface area contributed by atoms with Crippen molar-refractivity contribution in [3.05, 3.63) is 0 Å². The third-order valence-corrected chi connectivity index (χ3v) is 0. The van der Waals surface area contributed by atoms with E-state index in [-0.39, 0.29) is 23.1 Å². The number of hydrogen-bond donors (Lipinski definition) is 0. The summed E-state index contributed by atoms with van der Waals surface area (Å²) in [6.07, 6.45) is 0. The molecule has 0 radical (unpaired) electrons. The molecule has 7 heavy (non-hydrogen) atoms. The van der Waals surface area contributed by atoms with Crippen LogP contribution in [0.3, 0.4) is 0 Å². The van der Waals surface area contributed by atoms with Gasteiger partial charge in [-0.25, -0.2) is 0 Å². The maximum atomic E-state index is 9.44. The topological polar surface area (TPSA) is 34.1 Å². The molecule has 0 aliphatic carbocycles. The van der Waals surface area contributed by atoms with Crippen LogP contribution < -0.4 is 0 Å². The van der Waals surface area contributed by atoms with Gasteiger partial charge in [-0.05, 0) is 13.8 Å². The maximum absolute atomic E-state index is 9.44. The molecule has 0 atom stereocenters. The molecule has 0 bridgehead atoms. The number of rotatable bonds is 0. The van der Waals surface area contributed by atoms with Gasteiger partial charge in [0, 0.05) is 0 Å². The van der Waals surface area contributed by atoms with Gasteiger partial charge >= 0.3 is 20.0 Å². The molecule has 0 aromatic rings. The summed E-state index contributed by atoms with van der Waals surface area (Å²) in [6.45, 7) is 3.06. The Balaban J connectivity index is -0.0000000480. The Kier molecular flexibility index (Phi) is 35.8. The first-order valence-corrected chi connectivity index (χ1v) is 2.07. The van der Waals surface area contributed by atoms with Crippen LogP contribution in [0.15, 0.2) is 0 Å². The van der Waals surface area contributed by atoms with E-state index in [1.807, 2.05) is 0 Å². The zero-order chi connectivity index (χ0) is 5.58. The van der Waals surface area contributed by atoms with Crippen LogP contribution in [-0.2, 0) is 8.60 Å². The monoisotopic (exact) mass is 132 g/mol. The Morgan fingerprint density at radius 3 is 1.29 bits per heavy atom. The summed E-state index contributed by atoms with van der Waals surface area (Å²) in [7, 11) is 0. The second kappa shape index (κ2) is 16.0. The first kappa shape index (κ1) is 15.6. The average molecular weight is 132 g/mol. The molecule has 0 aliphatic rings. The van der Waals surface area contributed by atoms with Gasteiger partial charge < -0.3 is 4.79 Å². The van der Waals surface area contributed by atoms with Crippen LogP contribution in [0.25, 0.3) is 0 Å². The second-order valence-corrected chi connectivity index (χ2v) is 0.908. The summed E-state index contributed by atoms with van der Waals surface area (Å²) in [6, 6.07) is 0. The molecule has 0 heterocycles. The summed E-state index contributed by atoms with van der Waals surface area (Å²) in [4.78, 5) is 9.44. The molecule has 0 saturated carbocycles. The van der Waals surface area contributed by atoms with Crippen molar-refractivity contribution in [3.63, 3.8) is 0 Å². The fourth-order valence-electron chi connectivity index (χ4n) is 0. The quantitative estimate of drug-likeness (QED) is 0.382. The van der Waals surface area contributed by atoms with Crippen LogP contribution >= 0.6 is 0 Å². The molecule has 0 saturated heterocycles. The predicted molar refractivity (Wildman–Crippen MR) is 34.1 cm³/mol. The van der Waals surface area contributed by atoms with Crippen molar-refractivity contribution in [1.82, 2.24) is 0 Å². The minimum absolute atomic E-state index is 0. The fraction of sp³-hybridized carbons (Fsp3) is 0.667.